The van der Waals surface area contributed by atoms with Crippen molar-refractivity contribution in [2.24, 2.45) is 5.73 Å². The number of nitrogens with two attached hydrogens (primary N) is 1. The van der Waals surface area contributed by atoms with Gasteiger partial charge >= 0.3 is 0 Å². The summed E-state index contributed by atoms with van der Waals surface area (Å²) < 4.78 is 0. The van der Waals surface area contributed by atoms with E-state index in [4.69, 9.17) is 5.73 Å². The zero-order valence-corrected chi connectivity index (χ0v) is 12.7. The molecule has 0 aromatic carbocycles. The summed E-state index contributed by atoms with van der Waals surface area (Å²) in [4.78, 5) is 20.7. The minimum atomic E-state index is 0.00513. The van der Waals surface area contributed by atoms with Crippen LogP contribution in [0.1, 0.15) is 28.9 Å². The average Bonchev–Trinajstić information content (AvgIpc) is 2.53. The molecule has 21 heavy (non-hydrogen) atoms. The molecule has 2 rings (SSSR count). The van der Waals surface area contributed by atoms with E-state index >= 15 is 0 Å². The third-order valence-electron chi connectivity index (χ3n) is 3.80. The van der Waals surface area contributed by atoms with Gasteiger partial charge in [-0.2, -0.15) is 0 Å². The molecule has 1 aromatic rings. The predicted octanol–water partition coefficient (Wildman–Crippen LogP) is 0.558. The van der Waals surface area contributed by atoms with Crippen molar-refractivity contribution in [3.05, 3.63) is 29.6 Å². The molecule has 0 saturated carbocycles. The SMILES string of the molecule is CN(C)C1CCN(C(=O)c2ccc(C#CCN)cn2)CC1. The summed E-state index contributed by atoms with van der Waals surface area (Å²) in [6, 6.07) is 4.12. The van der Waals surface area contributed by atoms with E-state index in [1.54, 1.807) is 12.3 Å². The zero-order chi connectivity index (χ0) is 15.2. The number of carbonyl (C=O) groups excluding carboxylic acids is 1. The number of likely N-dealkylation sites (tertiary alicyclic amines) is 1. The third-order valence-corrected chi connectivity index (χ3v) is 3.80. The first-order valence-corrected chi connectivity index (χ1v) is 7.22. The van der Waals surface area contributed by atoms with Gasteiger partial charge in [0, 0.05) is 30.9 Å². The van der Waals surface area contributed by atoms with Crippen LogP contribution in [0.25, 0.3) is 0 Å². The van der Waals surface area contributed by atoms with Gasteiger partial charge in [-0.15, -0.1) is 0 Å². The maximum absolute atomic E-state index is 12.4. The van der Waals surface area contributed by atoms with Crippen molar-refractivity contribution >= 4 is 5.91 Å². The van der Waals surface area contributed by atoms with Gasteiger partial charge < -0.3 is 15.5 Å². The summed E-state index contributed by atoms with van der Waals surface area (Å²) in [6.45, 7) is 1.90. The Labute approximate surface area is 126 Å². The molecule has 1 aromatic heterocycles. The number of aromatic nitrogens is 1. The third kappa shape index (κ3) is 4.03. The summed E-state index contributed by atoms with van der Waals surface area (Å²) in [7, 11) is 4.18. The molecule has 2 N–H and O–H groups in total. The lowest BCUT2D eigenvalue weighted by Gasteiger charge is -2.35. The van der Waals surface area contributed by atoms with Crippen LogP contribution in [-0.4, -0.2) is 60.5 Å². The summed E-state index contributed by atoms with van der Waals surface area (Å²) >= 11 is 0. The van der Waals surface area contributed by atoms with Crippen LogP contribution in [0.15, 0.2) is 18.3 Å². The van der Waals surface area contributed by atoms with Gasteiger partial charge in [0.25, 0.3) is 5.91 Å². The van der Waals surface area contributed by atoms with Crippen molar-refractivity contribution in [2.75, 3.05) is 33.7 Å². The van der Waals surface area contributed by atoms with Gasteiger partial charge in [0.05, 0.1) is 6.54 Å². The molecule has 0 spiro atoms. The molecule has 0 atom stereocenters. The largest absolute Gasteiger partial charge is 0.337 e. The summed E-state index contributed by atoms with van der Waals surface area (Å²) in [5.74, 6) is 5.68. The van der Waals surface area contributed by atoms with Crippen LogP contribution in [0.5, 0.6) is 0 Å². The van der Waals surface area contributed by atoms with Gasteiger partial charge in [-0.05, 0) is 39.1 Å². The highest BCUT2D eigenvalue weighted by atomic mass is 16.2. The summed E-state index contributed by atoms with van der Waals surface area (Å²) in [5.41, 5.74) is 6.59. The second-order valence-electron chi connectivity index (χ2n) is 5.43. The number of hydrogen-bond acceptors (Lipinski definition) is 4. The van der Waals surface area contributed by atoms with E-state index in [9.17, 15) is 4.79 Å². The fourth-order valence-electron chi connectivity index (χ4n) is 2.49. The minimum absolute atomic E-state index is 0.00513. The Balaban J connectivity index is 1.97. The first-order chi connectivity index (χ1) is 10.1. The van der Waals surface area contributed by atoms with Gasteiger partial charge in [-0.25, -0.2) is 4.98 Å². The van der Waals surface area contributed by atoms with E-state index in [1.165, 1.54) is 0 Å². The van der Waals surface area contributed by atoms with E-state index in [1.807, 2.05) is 11.0 Å². The molecule has 112 valence electrons. The standard InChI is InChI=1S/C16H22N4O/c1-19(2)14-7-10-20(11-8-14)16(21)15-6-5-13(12-18-15)4-3-9-17/h5-6,12,14H,7-11,17H2,1-2H3. The fourth-order valence-corrected chi connectivity index (χ4v) is 2.49. The van der Waals surface area contributed by atoms with E-state index in [0.717, 1.165) is 31.5 Å². The van der Waals surface area contributed by atoms with Crippen molar-refractivity contribution in [3.63, 3.8) is 0 Å². The second kappa shape index (κ2) is 7.21. The highest BCUT2D eigenvalue weighted by Crippen LogP contribution is 2.16. The summed E-state index contributed by atoms with van der Waals surface area (Å²) in [6.07, 6.45) is 3.65. The van der Waals surface area contributed by atoms with E-state index < -0.39 is 0 Å². The van der Waals surface area contributed by atoms with Crippen molar-refractivity contribution < 1.29 is 4.79 Å². The smallest absolute Gasteiger partial charge is 0.272 e. The van der Waals surface area contributed by atoms with E-state index in [-0.39, 0.29) is 5.91 Å². The molecule has 0 aliphatic carbocycles. The number of rotatable bonds is 2. The number of carbonyl (C=O) groups is 1. The molecule has 5 nitrogen and oxygen atoms in total. The first-order valence-electron chi connectivity index (χ1n) is 7.22. The van der Waals surface area contributed by atoms with Gasteiger partial charge in [0.1, 0.15) is 5.69 Å². The van der Waals surface area contributed by atoms with Crippen LogP contribution in [0, 0.1) is 11.8 Å². The number of pyridine rings is 1. The van der Waals surface area contributed by atoms with Crippen LogP contribution in [0.4, 0.5) is 0 Å². The van der Waals surface area contributed by atoms with Crippen LogP contribution in [0.3, 0.4) is 0 Å². The lowest BCUT2D eigenvalue weighted by molar-refractivity contribution is 0.0657. The molecule has 1 fully saturated rings. The molecular weight excluding hydrogens is 264 g/mol. The van der Waals surface area contributed by atoms with Gasteiger partial charge in [-0.1, -0.05) is 11.8 Å². The van der Waals surface area contributed by atoms with E-state index in [0.29, 0.717) is 18.3 Å². The van der Waals surface area contributed by atoms with Crippen LogP contribution in [-0.2, 0) is 0 Å². The Kier molecular flexibility index (Phi) is 5.32. The molecule has 0 bridgehead atoms. The van der Waals surface area contributed by atoms with Gasteiger partial charge in [-0.3, -0.25) is 4.79 Å². The Morgan fingerprint density at radius 3 is 2.67 bits per heavy atom. The number of nitrogens with zero attached hydrogens (tertiary/aromatic N) is 3. The predicted molar refractivity (Wildman–Crippen MR) is 82.8 cm³/mol. The van der Waals surface area contributed by atoms with Crippen LogP contribution < -0.4 is 5.73 Å². The van der Waals surface area contributed by atoms with Crippen LogP contribution in [0.2, 0.25) is 0 Å². The maximum Gasteiger partial charge on any atom is 0.272 e. The summed E-state index contributed by atoms with van der Waals surface area (Å²) in [5, 5.41) is 0. The minimum Gasteiger partial charge on any atom is -0.337 e. The Morgan fingerprint density at radius 2 is 2.14 bits per heavy atom. The monoisotopic (exact) mass is 286 g/mol. The highest BCUT2D eigenvalue weighted by Gasteiger charge is 2.25. The molecule has 1 amide bonds. The van der Waals surface area contributed by atoms with Crippen LogP contribution >= 0.6 is 0 Å². The molecular formula is C16H22N4O. The van der Waals surface area contributed by atoms with Gasteiger partial charge in [0.2, 0.25) is 0 Å². The number of amides is 1. The first kappa shape index (κ1) is 15.5. The molecule has 1 saturated heterocycles. The maximum atomic E-state index is 12.4. The molecule has 0 unspecified atom stereocenters. The normalized spacial score (nSPS) is 15.7. The Morgan fingerprint density at radius 1 is 1.43 bits per heavy atom. The molecule has 1 aliphatic heterocycles. The average molecular weight is 286 g/mol. The van der Waals surface area contributed by atoms with E-state index in [2.05, 4.69) is 35.8 Å². The topological polar surface area (TPSA) is 62.5 Å². The second-order valence-corrected chi connectivity index (χ2v) is 5.43. The van der Waals surface area contributed by atoms with Crippen molar-refractivity contribution in [1.82, 2.24) is 14.8 Å². The Bertz CT molecular complexity index is 534. The number of piperidine rings is 1. The lowest BCUT2D eigenvalue weighted by atomic mass is 10.0. The lowest BCUT2D eigenvalue weighted by Crippen LogP contribution is -2.44. The molecule has 0 radical (unpaired) electrons. The zero-order valence-electron chi connectivity index (χ0n) is 12.7. The van der Waals surface area contributed by atoms with Crippen molar-refractivity contribution in [1.29, 1.82) is 0 Å². The van der Waals surface area contributed by atoms with Gasteiger partial charge in [0.15, 0.2) is 0 Å². The fraction of sp³-hybridized carbons (Fsp3) is 0.500. The quantitative estimate of drug-likeness (QED) is 0.807. The number of hydrogen-bond donors (Lipinski definition) is 1. The molecule has 2 heterocycles. The van der Waals surface area contributed by atoms with Crippen molar-refractivity contribution in [3.8, 4) is 11.8 Å². The highest BCUT2D eigenvalue weighted by molar-refractivity contribution is 5.92. The molecule has 1 aliphatic rings. The Hall–Kier alpha value is -1.90. The van der Waals surface area contributed by atoms with Crippen molar-refractivity contribution in [2.45, 2.75) is 18.9 Å². The molecule has 5 heteroatoms.